The Morgan fingerprint density at radius 2 is 1.60 bits per heavy atom. The molecule has 0 amide bonds. The molecule has 0 bridgehead atoms. The predicted molar refractivity (Wildman–Crippen MR) is 65.8 cm³/mol. The largest absolute Gasteiger partial charge is 0.464 e. The zero-order chi connectivity index (χ0) is 11.9. The summed E-state index contributed by atoms with van der Waals surface area (Å²) in [6.45, 7) is 12.7. The molecule has 0 saturated heterocycles. The van der Waals surface area contributed by atoms with Gasteiger partial charge in [-0.05, 0) is 6.07 Å². The van der Waals surface area contributed by atoms with Crippen LogP contribution in [0.4, 0.5) is 0 Å². The van der Waals surface area contributed by atoms with E-state index in [1.807, 2.05) is 6.07 Å². The van der Waals surface area contributed by atoms with Crippen molar-refractivity contribution in [2.45, 2.75) is 52.4 Å². The van der Waals surface area contributed by atoms with Gasteiger partial charge in [-0.1, -0.05) is 53.8 Å². The van der Waals surface area contributed by atoms with Crippen molar-refractivity contribution in [3.8, 4) is 0 Å². The van der Waals surface area contributed by atoms with Crippen LogP contribution in [0.1, 0.15) is 53.1 Å². The third-order valence-electron chi connectivity index (χ3n) is 2.13. The molecule has 0 aliphatic carbocycles. The average molecular weight is 223 g/mol. The molecule has 1 aromatic rings. The highest BCUT2D eigenvalue weighted by Crippen LogP contribution is 2.28. The van der Waals surface area contributed by atoms with Crippen LogP contribution in [0.25, 0.3) is 0 Å². The smallest absolute Gasteiger partial charge is 0.118 e. The molecule has 1 rings (SSSR count). The first-order valence-electron chi connectivity index (χ1n) is 5.19. The zero-order valence-electron chi connectivity index (χ0n) is 10.4. The van der Waals surface area contributed by atoms with Gasteiger partial charge in [0.05, 0.1) is 4.51 Å². The van der Waals surface area contributed by atoms with Crippen LogP contribution < -0.4 is 0 Å². The first-order chi connectivity index (χ1) is 6.60. The highest BCUT2D eigenvalue weighted by molar-refractivity contribution is 7.71. The second-order valence-corrected chi connectivity index (χ2v) is 6.37. The van der Waals surface area contributed by atoms with Crippen LogP contribution in [0.3, 0.4) is 0 Å². The minimum Gasteiger partial charge on any atom is -0.464 e. The summed E-state index contributed by atoms with van der Waals surface area (Å²) in [5.74, 6) is 1.76. The molecular formula is C13H19OS. The second kappa shape index (κ2) is 3.75. The highest BCUT2D eigenvalue weighted by Gasteiger charge is 2.22. The van der Waals surface area contributed by atoms with E-state index in [2.05, 4.69) is 47.6 Å². The van der Waals surface area contributed by atoms with E-state index in [9.17, 15) is 0 Å². The van der Waals surface area contributed by atoms with E-state index in [1.165, 1.54) is 0 Å². The van der Waals surface area contributed by atoms with Gasteiger partial charge in [0.1, 0.15) is 11.5 Å². The quantitative estimate of drug-likeness (QED) is 0.605. The molecule has 0 atom stereocenters. The molecule has 0 N–H and O–H groups in total. The van der Waals surface area contributed by atoms with Gasteiger partial charge in [0, 0.05) is 16.9 Å². The molecule has 83 valence electrons. The van der Waals surface area contributed by atoms with Crippen molar-refractivity contribution in [2.24, 2.45) is 0 Å². The Balaban J connectivity index is 3.36. The fourth-order valence-electron chi connectivity index (χ4n) is 1.14. The van der Waals surface area contributed by atoms with Crippen molar-refractivity contribution in [3.05, 3.63) is 28.2 Å². The Morgan fingerprint density at radius 3 is 2.00 bits per heavy atom. The zero-order valence-corrected chi connectivity index (χ0v) is 11.2. The molecule has 0 spiro atoms. The van der Waals surface area contributed by atoms with Gasteiger partial charge in [0.2, 0.25) is 0 Å². The lowest BCUT2D eigenvalue weighted by atomic mass is 9.90. The summed E-state index contributed by atoms with van der Waals surface area (Å²) in [4.78, 5) is 0. The summed E-state index contributed by atoms with van der Waals surface area (Å²) in [6, 6.07) is 5.00. The summed E-state index contributed by atoms with van der Waals surface area (Å²) in [7, 11) is 0. The molecule has 1 nitrogen and oxygen atoms in total. The Kier molecular flexibility index (Phi) is 3.11. The van der Waals surface area contributed by atoms with E-state index in [0.717, 1.165) is 16.0 Å². The van der Waals surface area contributed by atoms with Gasteiger partial charge in [-0.15, -0.1) is 0 Å². The van der Waals surface area contributed by atoms with Gasteiger partial charge >= 0.3 is 0 Å². The molecule has 0 unspecified atom stereocenters. The monoisotopic (exact) mass is 223 g/mol. The SMILES string of the molecule is CC(C)(C)c1[c]c(=S)cc(C(C)(C)C)o1. The Bertz CT molecular complexity index is 367. The molecule has 1 radical (unpaired) electrons. The standard InChI is InChI=1S/C13H19OS/c1-12(2,3)10-7-9(15)8-11(14-10)13(4,5)6/h7H,1-6H3. The predicted octanol–water partition coefficient (Wildman–Crippen LogP) is 4.40. The maximum atomic E-state index is 5.86. The molecule has 0 aromatic carbocycles. The Morgan fingerprint density at radius 1 is 1.07 bits per heavy atom. The van der Waals surface area contributed by atoms with Crippen LogP contribution in [0.2, 0.25) is 0 Å². The normalized spacial score (nSPS) is 12.9. The van der Waals surface area contributed by atoms with Crippen LogP contribution in [-0.2, 0) is 10.8 Å². The van der Waals surface area contributed by atoms with Gasteiger partial charge in [-0.2, -0.15) is 0 Å². The lowest BCUT2D eigenvalue weighted by Gasteiger charge is -2.22. The number of hydrogen-bond donors (Lipinski definition) is 0. The molecule has 15 heavy (non-hydrogen) atoms. The van der Waals surface area contributed by atoms with Crippen molar-refractivity contribution in [1.29, 1.82) is 0 Å². The van der Waals surface area contributed by atoms with Crippen LogP contribution in [0.5, 0.6) is 0 Å². The van der Waals surface area contributed by atoms with Crippen LogP contribution in [0.15, 0.2) is 10.5 Å². The lowest BCUT2D eigenvalue weighted by molar-refractivity contribution is 0.327. The molecule has 1 heterocycles. The minimum atomic E-state index is -0.0468. The van der Waals surface area contributed by atoms with Crippen molar-refractivity contribution >= 4 is 12.2 Å². The van der Waals surface area contributed by atoms with E-state index in [1.54, 1.807) is 0 Å². The first-order valence-corrected chi connectivity index (χ1v) is 5.60. The molecule has 0 aliphatic heterocycles. The van der Waals surface area contributed by atoms with Gasteiger partial charge in [0.15, 0.2) is 0 Å². The van der Waals surface area contributed by atoms with Crippen molar-refractivity contribution in [2.75, 3.05) is 0 Å². The molecule has 0 saturated carbocycles. The third kappa shape index (κ3) is 3.16. The van der Waals surface area contributed by atoms with E-state index in [-0.39, 0.29) is 10.8 Å². The summed E-state index contributed by atoms with van der Waals surface area (Å²) in [5, 5.41) is 0. The fourth-order valence-corrected chi connectivity index (χ4v) is 1.34. The molecule has 2 heteroatoms. The van der Waals surface area contributed by atoms with E-state index < -0.39 is 0 Å². The van der Waals surface area contributed by atoms with E-state index in [0.29, 0.717) is 0 Å². The van der Waals surface area contributed by atoms with Crippen LogP contribution in [-0.4, -0.2) is 0 Å². The molecule has 0 aliphatic rings. The van der Waals surface area contributed by atoms with Crippen LogP contribution >= 0.6 is 12.2 Å². The third-order valence-corrected chi connectivity index (χ3v) is 2.35. The fraction of sp³-hybridized carbons (Fsp3) is 0.615. The summed E-state index contributed by atoms with van der Waals surface area (Å²) in [6.07, 6.45) is 0. The summed E-state index contributed by atoms with van der Waals surface area (Å²) >= 11 is 5.21. The molecule has 0 fully saturated rings. The summed E-state index contributed by atoms with van der Waals surface area (Å²) in [5.41, 5.74) is -0.0581. The van der Waals surface area contributed by atoms with Gasteiger partial charge < -0.3 is 4.42 Å². The molecular weight excluding hydrogens is 204 g/mol. The van der Waals surface area contributed by atoms with Gasteiger partial charge in [-0.25, -0.2) is 0 Å². The maximum Gasteiger partial charge on any atom is 0.118 e. The van der Waals surface area contributed by atoms with Crippen molar-refractivity contribution < 1.29 is 4.42 Å². The first kappa shape index (κ1) is 12.4. The minimum absolute atomic E-state index is 0.0112. The lowest BCUT2D eigenvalue weighted by Crippen LogP contribution is -2.16. The molecule has 1 aromatic heterocycles. The topological polar surface area (TPSA) is 13.1 Å². The van der Waals surface area contributed by atoms with E-state index in [4.69, 9.17) is 16.6 Å². The maximum absolute atomic E-state index is 5.86. The van der Waals surface area contributed by atoms with Gasteiger partial charge in [-0.3, -0.25) is 0 Å². The van der Waals surface area contributed by atoms with E-state index >= 15 is 0 Å². The summed E-state index contributed by atoms with van der Waals surface area (Å²) < 4.78 is 6.60. The van der Waals surface area contributed by atoms with Crippen molar-refractivity contribution in [1.82, 2.24) is 0 Å². The highest BCUT2D eigenvalue weighted by atomic mass is 32.1. The second-order valence-electron chi connectivity index (χ2n) is 5.93. The van der Waals surface area contributed by atoms with Crippen LogP contribution in [0, 0.1) is 10.6 Å². The van der Waals surface area contributed by atoms with Crippen molar-refractivity contribution in [3.63, 3.8) is 0 Å². The number of hydrogen-bond acceptors (Lipinski definition) is 2. The Labute approximate surface area is 97.5 Å². The Hall–Kier alpha value is -0.630. The van der Waals surface area contributed by atoms with Gasteiger partial charge in [0.25, 0.3) is 0 Å². The average Bonchev–Trinajstić information content (AvgIpc) is 1.99. The number of rotatable bonds is 0.